The number of anilines is 1. The predicted octanol–water partition coefficient (Wildman–Crippen LogP) is 3.48. The summed E-state index contributed by atoms with van der Waals surface area (Å²) >= 11 is 3.53. The molecule has 0 N–H and O–H groups in total. The van der Waals surface area contributed by atoms with Crippen LogP contribution in [-0.4, -0.2) is 17.3 Å². The zero-order chi connectivity index (χ0) is 12.6. The number of alkyl halides is 1. The van der Waals surface area contributed by atoms with Crippen molar-refractivity contribution in [2.75, 3.05) is 11.4 Å². The molecule has 1 aliphatic rings. The van der Waals surface area contributed by atoms with Gasteiger partial charge in [-0.25, -0.2) is 0 Å². The van der Waals surface area contributed by atoms with Gasteiger partial charge in [-0.15, -0.1) is 0 Å². The minimum Gasteiger partial charge on any atom is -0.311 e. The van der Waals surface area contributed by atoms with Gasteiger partial charge in [-0.2, -0.15) is 0 Å². The van der Waals surface area contributed by atoms with Gasteiger partial charge in [-0.05, 0) is 17.0 Å². The highest BCUT2D eigenvalue weighted by molar-refractivity contribution is 9.09. The van der Waals surface area contributed by atoms with Crippen LogP contribution >= 0.6 is 15.9 Å². The first-order chi connectivity index (χ1) is 7.89. The highest BCUT2D eigenvalue weighted by Gasteiger charge is 2.31. The summed E-state index contributed by atoms with van der Waals surface area (Å²) in [7, 11) is 0. The maximum atomic E-state index is 12.0. The quantitative estimate of drug-likeness (QED) is 0.727. The molecule has 0 radical (unpaired) electrons. The van der Waals surface area contributed by atoms with Crippen molar-refractivity contribution in [1.82, 2.24) is 0 Å². The molecule has 0 spiro atoms. The number of rotatable bonds is 1. The molecule has 1 aliphatic heterocycles. The standard InChI is InChI=1S/C14H18BrNO/c1-14(2,3)11-6-4-5-7-12(11)16-9-10(15)8-13(16)17/h4-7,10H,8-9H2,1-3H3. The van der Waals surface area contributed by atoms with E-state index in [1.54, 1.807) is 0 Å². The van der Waals surface area contributed by atoms with Crippen LogP contribution in [0.4, 0.5) is 5.69 Å². The number of para-hydroxylation sites is 1. The fourth-order valence-electron chi connectivity index (χ4n) is 2.24. The van der Waals surface area contributed by atoms with E-state index in [9.17, 15) is 4.79 Å². The molecule has 2 nitrogen and oxygen atoms in total. The Morgan fingerprint density at radius 3 is 2.47 bits per heavy atom. The number of hydrogen-bond acceptors (Lipinski definition) is 1. The summed E-state index contributed by atoms with van der Waals surface area (Å²) in [6.45, 7) is 7.31. The topological polar surface area (TPSA) is 20.3 Å². The van der Waals surface area contributed by atoms with Gasteiger partial charge in [0, 0.05) is 23.5 Å². The lowest BCUT2D eigenvalue weighted by Crippen LogP contribution is -2.28. The van der Waals surface area contributed by atoms with Crippen LogP contribution < -0.4 is 4.90 Å². The summed E-state index contributed by atoms with van der Waals surface area (Å²) in [5.41, 5.74) is 2.35. The van der Waals surface area contributed by atoms with Crippen molar-refractivity contribution in [1.29, 1.82) is 0 Å². The maximum absolute atomic E-state index is 12.0. The van der Waals surface area contributed by atoms with E-state index in [2.05, 4.69) is 42.8 Å². The van der Waals surface area contributed by atoms with Crippen molar-refractivity contribution in [3.05, 3.63) is 29.8 Å². The Labute approximate surface area is 111 Å². The largest absolute Gasteiger partial charge is 0.311 e. The minimum absolute atomic E-state index is 0.0568. The second-order valence-electron chi connectivity index (χ2n) is 5.57. The Balaban J connectivity index is 2.42. The number of benzene rings is 1. The molecule has 0 aromatic heterocycles. The Bertz CT molecular complexity index is 436. The number of halogens is 1. The van der Waals surface area contributed by atoms with Gasteiger partial charge in [-0.3, -0.25) is 4.79 Å². The monoisotopic (exact) mass is 295 g/mol. The predicted molar refractivity (Wildman–Crippen MR) is 74.8 cm³/mol. The lowest BCUT2D eigenvalue weighted by atomic mass is 9.85. The summed E-state index contributed by atoms with van der Waals surface area (Å²) in [6.07, 6.45) is 0.596. The summed E-state index contributed by atoms with van der Waals surface area (Å²) in [4.78, 5) is 14.1. The van der Waals surface area contributed by atoms with Crippen LogP contribution in [0.2, 0.25) is 0 Å². The number of amides is 1. The number of carbonyl (C=O) groups excluding carboxylic acids is 1. The third kappa shape index (κ3) is 2.54. The van der Waals surface area contributed by atoms with Crippen LogP contribution in [0.1, 0.15) is 32.8 Å². The number of hydrogen-bond donors (Lipinski definition) is 0. The van der Waals surface area contributed by atoms with Crippen molar-refractivity contribution >= 4 is 27.5 Å². The van der Waals surface area contributed by atoms with Crippen molar-refractivity contribution < 1.29 is 4.79 Å². The normalized spacial score (nSPS) is 21.1. The molecule has 1 aromatic carbocycles. The Hall–Kier alpha value is -0.830. The molecular formula is C14H18BrNO. The van der Waals surface area contributed by atoms with Gasteiger partial charge in [0.1, 0.15) is 0 Å². The molecule has 1 atom stereocenters. The number of nitrogens with zero attached hydrogens (tertiary/aromatic N) is 1. The Kier molecular flexibility index (Phi) is 3.30. The van der Waals surface area contributed by atoms with Crippen LogP contribution in [0.5, 0.6) is 0 Å². The lowest BCUT2D eigenvalue weighted by Gasteiger charge is -2.27. The fraction of sp³-hybridized carbons (Fsp3) is 0.500. The van der Waals surface area contributed by atoms with Crippen molar-refractivity contribution in [2.45, 2.75) is 37.4 Å². The second kappa shape index (κ2) is 4.45. The van der Waals surface area contributed by atoms with Crippen LogP contribution in [-0.2, 0) is 10.2 Å². The van der Waals surface area contributed by atoms with Gasteiger partial charge in [0.05, 0.1) is 0 Å². The molecule has 1 fully saturated rings. The first-order valence-electron chi connectivity index (χ1n) is 5.93. The molecule has 1 heterocycles. The van der Waals surface area contributed by atoms with E-state index in [0.717, 1.165) is 12.2 Å². The fourth-order valence-corrected chi connectivity index (χ4v) is 2.81. The Morgan fingerprint density at radius 1 is 1.29 bits per heavy atom. The molecule has 0 aliphatic carbocycles. The molecule has 3 heteroatoms. The summed E-state index contributed by atoms with van der Waals surface area (Å²) in [6, 6.07) is 8.20. The summed E-state index contributed by atoms with van der Waals surface area (Å²) in [5.74, 6) is 0.212. The van der Waals surface area contributed by atoms with E-state index in [1.165, 1.54) is 5.56 Å². The molecule has 17 heavy (non-hydrogen) atoms. The molecule has 1 amide bonds. The van der Waals surface area contributed by atoms with Crippen LogP contribution in [0.15, 0.2) is 24.3 Å². The molecule has 1 aromatic rings. The van der Waals surface area contributed by atoms with E-state index in [-0.39, 0.29) is 16.1 Å². The Morgan fingerprint density at radius 2 is 1.94 bits per heavy atom. The van der Waals surface area contributed by atoms with Gasteiger partial charge in [-0.1, -0.05) is 54.9 Å². The van der Waals surface area contributed by atoms with Gasteiger partial charge < -0.3 is 4.90 Å². The first-order valence-corrected chi connectivity index (χ1v) is 6.85. The first kappa shape index (κ1) is 12.6. The van der Waals surface area contributed by atoms with Crippen LogP contribution in [0.3, 0.4) is 0 Å². The third-order valence-electron chi connectivity index (χ3n) is 3.08. The SMILES string of the molecule is CC(C)(C)c1ccccc1N1CC(Br)CC1=O. The average molecular weight is 296 g/mol. The number of carbonyl (C=O) groups is 1. The minimum atomic E-state index is 0.0568. The van der Waals surface area contributed by atoms with Crippen molar-refractivity contribution in [3.63, 3.8) is 0 Å². The molecule has 2 rings (SSSR count). The lowest BCUT2D eigenvalue weighted by molar-refractivity contribution is -0.117. The van der Waals surface area contributed by atoms with E-state index in [0.29, 0.717) is 6.42 Å². The molecule has 1 unspecified atom stereocenters. The molecule has 1 saturated heterocycles. The van der Waals surface area contributed by atoms with Crippen LogP contribution in [0, 0.1) is 0 Å². The van der Waals surface area contributed by atoms with E-state index in [4.69, 9.17) is 0 Å². The van der Waals surface area contributed by atoms with Crippen molar-refractivity contribution in [3.8, 4) is 0 Å². The van der Waals surface area contributed by atoms with Gasteiger partial charge in [0.15, 0.2) is 0 Å². The highest BCUT2D eigenvalue weighted by Crippen LogP contribution is 2.34. The van der Waals surface area contributed by atoms with Gasteiger partial charge in [0.25, 0.3) is 0 Å². The zero-order valence-electron chi connectivity index (χ0n) is 10.5. The van der Waals surface area contributed by atoms with E-state index in [1.807, 2.05) is 23.1 Å². The zero-order valence-corrected chi connectivity index (χ0v) is 12.1. The third-order valence-corrected chi connectivity index (χ3v) is 3.69. The molecule has 0 saturated carbocycles. The van der Waals surface area contributed by atoms with Crippen LogP contribution in [0.25, 0.3) is 0 Å². The summed E-state index contributed by atoms with van der Waals surface area (Å²) in [5, 5.41) is 0. The van der Waals surface area contributed by atoms with E-state index < -0.39 is 0 Å². The molecule has 92 valence electrons. The molecular weight excluding hydrogens is 278 g/mol. The summed E-state index contributed by atoms with van der Waals surface area (Å²) < 4.78 is 0. The maximum Gasteiger partial charge on any atom is 0.228 e. The second-order valence-corrected chi connectivity index (χ2v) is 6.87. The highest BCUT2D eigenvalue weighted by atomic mass is 79.9. The molecule has 0 bridgehead atoms. The smallest absolute Gasteiger partial charge is 0.228 e. The van der Waals surface area contributed by atoms with Crippen molar-refractivity contribution in [2.24, 2.45) is 0 Å². The van der Waals surface area contributed by atoms with Gasteiger partial charge in [0.2, 0.25) is 5.91 Å². The van der Waals surface area contributed by atoms with E-state index >= 15 is 0 Å². The van der Waals surface area contributed by atoms with Gasteiger partial charge >= 0.3 is 0 Å². The average Bonchev–Trinajstić information content (AvgIpc) is 2.56.